The number of hydrogen-bond acceptors (Lipinski definition) is 2. The zero-order chi connectivity index (χ0) is 14.4. The molecule has 0 aliphatic heterocycles. The van der Waals surface area contributed by atoms with Gasteiger partial charge in [0.1, 0.15) is 11.9 Å². The molecule has 2 amide bonds. The van der Waals surface area contributed by atoms with Gasteiger partial charge in [0, 0.05) is 4.47 Å². The third-order valence-corrected chi connectivity index (χ3v) is 2.87. The molecule has 0 fully saturated rings. The Hall–Kier alpha value is -1.89. The molecule has 19 heavy (non-hydrogen) atoms. The highest BCUT2D eigenvalue weighted by Gasteiger charge is 2.19. The molecule has 7 heteroatoms. The first-order chi connectivity index (χ1) is 8.95. The third kappa shape index (κ3) is 4.36. The van der Waals surface area contributed by atoms with E-state index in [0.717, 1.165) is 0 Å². The van der Waals surface area contributed by atoms with Crippen molar-refractivity contribution >= 4 is 33.6 Å². The van der Waals surface area contributed by atoms with Gasteiger partial charge in [0.15, 0.2) is 0 Å². The molecule has 1 rings (SSSR count). The largest absolute Gasteiger partial charge is 0.480 e. The van der Waals surface area contributed by atoms with Gasteiger partial charge in [-0.05, 0) is 34.5 Å². The van der Waals surface area contributed by atoms with Crippen molar-refractivity contribution < 1.29 is 19.1 Å². The lowest BCUT2D eigenvalue weighted by molar-refractivity contribution is -0.139. The van der Waals surface area contributed by atoms with Gasteiger partial charge < -0.3 is 15.7 Å². The predicted octanol–water partition coefficient (Wildman–Crippen LogP) is 2.74. The van der Waals surface area contributed by atoms with Gasteiger partial charge in [0.25, 0.3) is 0 Å². The fourth-order valence-corrected chi connectivity index (χ4v) is 1.75. The first kappa shape index (κ1) is 15.2. The van der Waals surface area contributed by atoms with Gasteiger partial charge in [-0.2, -0.15) is 0 Å². The first-order valence-electron chi connectivity index (χ1n) is 5.31. The number of anilines is 1. The molecule has 1 unspecified atom stereocenters. The van der Waals surface area contributed by atoms with Gasteiger partial charge in [0.2, 0.25) is 0 Å². The molecule has 1 aromatic carbocycles. The maximum atomic E-state index is 13.4. The quantitative estimate of drug-likeness (QED) is 0.726. The van der Waals surface area contributed by atoms with Crippen LogP contribution >= 0.6 is 15.9 Å². The molecule has 1 aromatic rings. The summed E-state index contributed by atoms with van der Waals surface area (Å²) >= 11 is 3.09. The molecule has 0 spiro atoms. The van der Waals surface area contributed by atoms with E-state index < -0.39 is 23.9 Å². The molecule has 0 aromatic heterocycles. The van der Waals surface area contributed by atoms with Crippen LogP contribution in [0.2, 0.25) is 0 Å². The van der Waals surface area contributed by atoms with Gasteiger partial charge in [0.05, 0.1) is 5.69 Å². The summed E-state index contributed by atoms with van der Waals surface area (Å²) < 4.78 is 13.8. The fourth-order valence-electron chi connectivity index (χ4n) is 1.31. The molecular weight excluding hydrogens is 319 g/mol. The topological polar surface area (TPSA) is 78.4 Å². The molecule has 0 aliphatic rings. The lowest BCUT2D eigenvalue weighted by Crippen LogP contribution is -2.42. The van der Waals surface area contributed by atoms with Crippen molar-refractivity contribution in [3.05, 3.63) is 41.1 Å². The zero-order valence-electron chi connectivity index (χ0n) is 9.82. The summed E-state index contributed by atoms with van der Waals surface area (Å²) in [5, 5.41) is 13.3. The van der Waals surface area contributed by atoms with Crippen molar-refractivity contribution in [3.8, 4) is 0 Å². The van der Waals surface area contributed by atoms with E-state index in [0.29, 0.717) is 4.47 Å². The van der Waals surface area contributed by atoms with Gasteiger partial charge in [-0.25, -0.2) is 14.0 Å². The van der Waals surface area contributed by atoms with Crippen LogP contribution in [0.1, 0.15) is 6.42 Å². The summed E-state index contributed by atoms with van der Waals surface area (Å²) in [7, 11) is 0. The number of carbonyl (C=O) groups is 2. The number of carboxylic acids is 1. The molecule has 0 heterocycles. The molecule has 0 aliphatic carbocycles. The van der Waals surface area contributed by atoms with Gasteiger partial charge in [-0.15, -0.1) is 6.58 Å². The van der Waals surface area contributed by atoms with Crippen molar-refractivity contribution in [2.24, 2.45) is 0 Å². The Kier molecular flexibility index (Phi) is 5.50. The second-order valence-corrected chi connectivity index (χ2v) is 4.46. The third-order valence-electron chi connectivity index (χ3n) is 2.21. The van der Waals surface area contributed by atoms with Crippen molar-refractivity contribution in [2.45, 2.75) is 12.5 Å². The van der Waals surface area contributed by atoms with Crippen LogP contribution in [-0.4, -0.2) is 23.1 Å². The van der Waals surface area contributed by atoms with Crippen LogP contribution < -0.4 is 10.6 Å². The van der Waals surface area contributed by atoms with E-state index in [1.165, 1.54) is 18.2 Å². The van der Waals surface area contributed by atoms with E-state index in [-0.39, 0.29) is 12.1 Å². The Labute approximate surface area is 117 Å². The molecule has 1 atom stereocenters. The number of aliphatic carboxylic acids is 1. The van der Waals surface area contributed by atoms with Gasteiger partial charge in [-0.3, -0.25) is 0 Å². The first-order valence-corrected chi connectivity index (χ1v) is 6.10. The van der Waals surface area contributed by atoms with E-state index >= 15 is 0 Å². The number of benzene rings is 1. The predicted molar refractivity (Wildman–Crippen MR) is 72.5 cm³/mol. The summed E-state index contributed by atoms with van der Waals surface area (Å²) in [5.41, 5.74) is -0.0530. The number of carboxylic acid groups (broad SMARTS) is 1. The van der Waals surface area contributed by atoms with E-state index in [1.54, 1.807) is 6.07 Å². The number of amides is 2. The lowest BCUT2D eigenvalue weighted by Gasteiger charge is -2.14. The average molecular weight is 331 g/mol. The van der Waals surface area contributed by atoms with Crippen LogP contribution in [0.4, 0.5) is 14.9 Å². The minimum atomic E-state index is -1.19. The van der Waals surface area contributed by atoms with Crippen molar-refractivity contribution in [3.63, 3.8) is 0 Å². The zero-order valence-corrected chi connectivity index (χ0v) is 11.4. The number of halogens is 2. The number of para-hydroxylation sites is 1. The molecule has 5 nitrogen and oxygen atoms in total. The van der Waals surface area contributed by atoms with Crippen LogP contribution in [0.15, 0.2) is 35.3 Å². The number of nitrogens with one attached hydrogen (secondary N) is 2. The number of urea groups is 1. The van der Waals surface area contributed by atoms with Crippen molar-refractivity contribution in [2.75, 3.05) is 5.32 Å². The normalized spacial score (nSPS) is 11.5. The van der Waals surface area contributed by atoms with Crippen LogP contribution in [0, 0.1) is 5.82 Å². The number of hydrogen-bond donors (Lipinski definition) is 3. The van der Waals surface area contributed by atoms with E-state index in [1.807, 2.05) is 0 Å². The van der Waals surface area contributed by atoms with Crippen molar-refractivity contribution in [1.29, 1.82) is 0 Å². The molecule has 0 saturated heterocycles. The molecule has 0 saturated carbocycles. The van der Waals surface area contributed by atoms with Crippen LogP contribution in [0.5, 0.6) is 0 Å². The van der Waals surface area contributed by atoms with E-state index in [9.17, 15) is 14.0 Å². The Morgan fingerprint density at radius 2 is 2.21 bits per heavy atom. The summed E-state index contributed by atoms with van der Waals surface area (Å²) in [5.74, 6) is -1.82. The highest BCUT2D eigenvalue weighted by atomic mass is 79.9. The Balaban J connectivity index is 2.74. The van der Waals surface area contributed by atoms with Crippen molar-refractivity contribution in [1.82, 2.24) is 5.32 Å². The summed E-state index contributed by atoms with van der Waals surface area (Å²) in [4.78, 5) is 22.4. The monoisotopic (exact) mass is 330 g/mol. The second kappa shape index (κ2) is 6.89. The summed E-state index contributed by atoms with van der Waals surface area (Å²) in [6, 6.07) is 2.29. The maximum Gasteiger partial charge on any atom is 0.326 e. The van der Waals surface area contributed by atoms with Gasteiger partial charge >= 0.3 is 12.0 Å². The smallest absolute Gasteiger partial charge is 0.326 e. The molecular formula is C12H12BrFN2O3. The van der Waals surface area contributed by atoms with E-state index in [2.05, 4.69) is 33.1 Å². The maximum absolute atomic E-state index is 13.4. The minimum Gasteiger partial charge on any atom is -0.480 e. The molecule has 0 bridgehead atoms. The van der Waals surface area contributed by atoms with Gasteiger partial charge in [-0.1, -0.05) is 12.1 Å². The second-order valence-electron chi connectivity index (χ2n) is 3.61. The van der Waals surface area contributed by atoms with Crippen LogP contribution in [0.25, 0.3) is 0 Å². The molecule has 3 N–H and O–H groups in total. The number of rotatable bonds is 5. The average Bonchev–Trinajstić information content (AvgIpc) is 2.33. The highest BCUT2D eigenvalue weighted by Crippen LogP contribution is 2.24. The Morgan fingerprint density at radius 1 is 1.53 bits per heavy atom. The highest BCUT2D eigenvalue weighted by molar-refractivity contribution is 9.10. The number of carbonyl (C=O) groups excluding carboxylic acids is 1. The Bertz CT molecular complexity index is 487. The summed E-state index contributed by atoms with van der Waals surface area (Å²) in [6.07, 6.45) is 1.44. The lowest BCUT2D eigenvalue weighted by atomic mass is 10.2. The Morgan fingerprint density at radius 3 is 2.74 bits per heavy atom. The molecule has 0 radical (unpaired) electrons. The molecule has 102 valence electrons. The van der Waals surface area contributed by atoms with Crippen LogP contribution in [0.3, 0.4) is 0 Å². The standard InChI is InChI=1S/C12H12BrFN2O3/c1-2-4-9(11(17)18)15-12(19)16-10-7(13)5-3-6-8(10)14/h2-3,5-6,9H,1,4H2,(H,17,18)(H2,15,16,19). The van der Waals surface area contributed by atoms with Crippen LogP contribution in [-0.2, 0) is 4.79 Å². The van der Waals surface area contributed by atoms with E-state index in [4.69, 9.17) is 5.11 Å². The minimum absolute atomic E-state index is 0.0530. The summed E-state index contributed by atoms with van der Waals surface area (Å²) in [6.45, 7) is 3.40. The SMILES string of the molecule is C=CCC(NC(=O)Nc1c(F)cccc1Br)C(=O)O. The fraction of sp³-hybridized carbons (Fsp3) is 0.167.